The number of likely N-dealkylation sites (N-methyl/N-ethyl adjacent to an activating group) is 1. The average Bonchev–Trinajstić information content (AvgIpc) is 2.39. The van der Waals surface area contributed by atoms with Crippen LogP contribution in [-0.4, -0.2) is 47.6 Å². The van der Waals surface area contributed by atoms with Crippen LogP contribution >= 0.6 is 0 Å². The molecule has 18 heavy (non-hydrogen) atoms. The molecule has 5 heteroatoms. The lowest BCUT2D eigenvalue weighted by Crippen LogP contribution is -2.50. The Morgan fingerprint density at radius 1 is 1.39 bits per heavy atom. The van der Waals surface area contributed by atoms with E-state index in [9.17, 15) is 9.59 Å². The van der Waals surface area contributed by atoms with Crippen molar-refractivity contribution in [3.05, 3.63) is 0 Å². The van der Waals surface area contributed by atoms with E-state index in [0.717, 1.165) is 25.8 Å². The lowest BCUT2D eigenvalue weighted by atomic mass is 9.90. The third kappa shape index (κ3) is 4.29. The van der Waals surface area contributed by atoms with Gasteiger partial charge in [0.1, 0.15) is 0 Å². The highest BCUT2D eigenvalue weighted by molar-refractivity contribution is 5.82. The first-order chi connectivity index (χ1) is 8.58. The molecule has 2 unspecified atom stereocenters. The molecule has 0 aliphatic carbocycles. The Kier molecular flexibility index (Phi) is 6.12. The number of nitrogens with zero attached hydrogens (tertiary/aromatic N) is 1. The number of carbonyl (C=O) groups excluding carboxylic acids is 1. The number of carboxylic acids is 1. The van der Waals surface area contributed by atoms with Gasteiger partial charge in [0.25, 0.3) is 0 Å². The molecule has 1 heterocycles. The number of carbonyl (C=O) groups is 2. The minimum atomic E-state index is -0.857. The predicted molar refractivity (Wildman–Crippen MR) is 69.3 cm³/mol. The molecule has 0 bridgehead atoms. The van der Waals surface area contributed by atoms with Gasteiger partial charge in [-0.05, 0) is 32.2 Å². The molecule has 2 atom stereocenters. The molecule has 0 aromatic heterocycles. The zero-order valence-corrected chi connectivity index (χ0v) is 11.3. The fourth-order valence-corrected chi connectivity index (χ4v) is 2.43. The lowest BCUT2D eigenvalue weighted by Gasteiger charge is -2.32. The maximum Gasteiger partial charge on any atom is 0.305 e. The van der Waals surface area contributed by atoms with E-state index in [1.807, 2.05) is 6.92 Å². The maximum absolute atomic E-state index is 12.3. The number of rotatable bonds is 6. The minimum absolute atomic E-state index is 0.0174. The molecule has 5 nitrogen and oxygen atoms in total. The number of hydrogen-bond donors (Lipinski definition) is 2. The third-order valence-electron chi connectivity index (χ3n) is 3.68. The summed E-state index contributed by atoms with van der Waals surface area (Å²) in [5.41, 5.74) is 0. The molecule has 0 radical (unpaired) electrons. The summed E-state index contributed by atoms with van der Waals surface area (Å²) in [7, 11) is 0. The molecular weight excluding hydrogens is 232 g/mol. The van der Waals surface area contributed by atoms with Crippen LogP contribution in [0.2, 0.25) is 0 Å². The number of nitrogens with one attached hydrogen (secondary N) is 1. The average molecular weight is 256 g/mol. The molecule has 1 aliphatic heterocycles. The van der Waals surface area contributed by atoms with Crippen molar-refractivity contribution in [3.8, 4) is 0 Å². The number of hydrogen-bond acceptors (Lipinski definition) is 3. The van der Waals surface area contributed by atoms with Crippen LogP contribution in [0.3, 0.4) is 0 Å². The molecule has 1 fully saturated rings. The lowest BCUT2D eigenvalue weighted by molar-refractivity contribution is -0.139. The summed E-state index contributed by atoms with van der Waals surface area (Å²) in [6, 6.07) is -0.127. The summed E-state index contributed by atoms with van der Waals surface area (Å²) in [5.74, 6) is -0.195. The van der Waals surface area contributed by atoms with Crippen LogP contribution in [-0.2, 0) is 9.59 Å². The van der Waals surface area contributed by atoms with Gasteiger partial charge >= 0.3 is 5.97 Å². The molecule has 0 saturated carbocycles. The Morgan fingerprint density at radius 3 is 2.67 bits per heavy atom. The van der Waals surface area contributed by atoms with Gasteiger partial charge in [-0.1, -0.05) is 13.3 Å². The summed E-state index contributed by atoms with van der Waals surface area (Å²) < 4.78 is 0. The summed E-state index contributed by atoms with van der Waals surface area (Å²) in [5, 5.41) is 11.9. The first-order valence-electron chi connectivity index (χ1n) is 6.82. The monoisotopic (exact) mass is 256 g/mol. The van der Waals surface area contributed by atoms with Crippen LogP contribution in [0.5, 0.6) is 0 Å². The van der Waals surface area contributed by atoms with Crippen LogP contribution in [0.25, 0.3) is 0 Å². The normalized spacial score (nSPS) is 23.7. The van der Waals surface area contributed by atoms with Gasteiger partial charge in [0.05, 0.1) is 12.5 Å². The predicted octanol–water partition coefficient (Wildman–Crippen LogP) is 1.09. The molecule has 104 valence electrons. The molecule has 1 saturated heterocycles. The van der Waals surface area contributed by atoms with E-state index in [2.05, 4.69) is 12.2 Å². The van der Waals surface area contributed by atoms with Crippen LogP contribution in [0, 0.1) is 5.92 Å². The first-order valence-corrected chi connectivity index (χ1v) is 6.82. The number of amides is 1. The molecule has 1 aliphatic rings. The minimum Gasteiger partial charge on any atom is -0.481 e. The van der Waals surface area contributed by atoms with Gasteiger partial charge in [-0.15, -0.1) is 0 Å². The van der Waals surface area contributed by atoms with Crippen LogP contribution < -0.4 is 5.32 Å². The van der Waals surface area contributed by atoms with Crippen molar-refractivity contribution in [2.75, 3.05) is 19.6 Å². The Balaban J connectivity index is 2.51. The number of carboxylic acid groups (broad SMARTS) is 1. The van der Waals surface area contributed by atoms with Crippen LogP contribution in [0.15, 0.2) is 0 Å². The summed E-state index contributed by atoms with van der Waals surface area (Å²) >= 11 is 0. The maximum atomic E-state index is 12.3. The number of aliphatic carboxylic acids is 1. The molecule has 0 aromatic carbocycles. The van der Waals surface area contributed by atoms with Crippen molar-refractivity contribution in [3.63, 3.8) is 0 Å². The molecule has 2 N–H and O–H groups in total. The van der Waals surface area contributed by atoms with E-state index in [0.29, 0.717) is 19.0 Å². The topological polar surface area (TPSA) is 69.6 Å². The molecule has 0 spiro atoms. The van der Waals surface area contributed by atoms with Gasteiger partial charge in [-0.25, -0.2) is 0 Å². The van der Waals surface area contributed by atoms with E-state index >= 15 is 0 Å². The largest absolute Gasteiger partial charge is 0.481 e. The van der Waals surface area contributed by atoms with Crippen molar-refractivity contribution >= 4 is 11.9 Å². The smallest absolute Gasteiger partial charge is 0.305 e. The van der Waals surface area contributed by atoms with E-state index in [4.69, 9.17) is 5.11 Å². The van der Waals surface area contributed by atoms with E-state index in [1.165, 1.54) is 0 Å². The van der Waals surface area contributed by atoms with Gasteiger partial charge in [-0.2, -0.15) is 0 Å². The molecule has 1 rings (SSSR count). The zero-order chi connectivity index (χ0) is 13.5. The Labute approximate surface area is 109 Å². The first kappa shape index (κ1) is 15.0. The van der Waals surface area contributed by atoms with Crippen molar-refractivity contribution in [2.45, 2.75) is 45.6 Å². The molecule has 0 aromatic rings. The van der Waals surface area contributed by atoms with E-state index in [-0.39, 0.29) is 18.4 Å². The second kappa shape index (κ2) is 7.36. The standard InChI is InChI=1S/C13H24N2O3/c1-3-10-5-7-14-11(9-10)13(18)15(4-2)8-6-12(16)17/h10-11,14H,3-9H2,1-2H3,(H,16,17). The highest BCUT2D eigenvalue weighted by Gasteiger charge is 2.28. The zero-order valence-electron chi connectivity index (χ0n) is 11.3. The molecular formula is C13H24N2O3. The van der Waals surface area contributed by atoms with Gasteiger partial charge < -0.3 is 15.3 Å². The Hall–Kier alpha value is -1.10. The number of piperidine rings is 1. The molecule has 1 amide bonds. The van der Waals surface area contributed by atoms with Gasteiger partial charge in [-0.3, -0.25) is 9.59 Å². The van der Waals surface area contributed by atoms with Crippen LogP contribution in [0.1, 0.15) is 39.5 Å². The van der Waals surface area contributed by atoms with Gasteiger partial charge in [0, 0.05) is 13.1 Å². The fourth-order valence-electron chi connectivity index (χ4n) is 2.43. The van der Waals surface area contributed by atoms with Gasteiger partial charge in [0.15, 0.2) is 0 Å². The Bertz CT molecular complexity index is 294. The third-order valence-corrected chi connectivity index (χ3v) is 3.68. The summed E-state index contributed by atoms with van der Waals surface area (Å²) in [4.78, 5) is 24.5. The van der Waals surface area contributed by atoms with Crippen LogP contribution in [0.4, 0.5) is 0 Å². The van der Waals surface area contributed by atoms with E-state index in [1.54, 1.807) is 4.90 Å². The highest BCUT2D eigenvalue weighted by Crippen LogP contribution is 2.20. The van der Waals surface area contributed by atoms with Crippen molar-refractivity contribution in [1.29, 1.82) is 0 Å². The quantitative estimate of drug-likeness (QED) is 0.746. The second-order valence-electron chi connectivity index (χ2n) is 4.87. The van der Waals surface area contributed by atoms with Crippen molar-refractivity contribution in [2.24, 2.45) is 5.92 Å². The van der Waals surface area contributed by atoms with Crippen molar-refractivity contribution < 1.29 is 14.7 Å². The SMILES string of the molecule is CCC1CCNC(C(=O)N(CC)CCC(=O)O)C1. The van der Waals surface area contributed by atoms with Gasteiger partial charge in [0.2, 0.25) is 5.91 Å². The highest BCUT2D eigenvalue weighted by atomic mass is 16.4. The Morgan fingerprint density at radius 2 is 2.11 bits per heavy atom. The van der Waals surface area contributed by atoms with Crippen molar-refractivity contribution in [1.82, 2.24) is 10.2 Å². The summed E-state index contributed by atoms with van der Waals surface area (Å²) in [6.45, 7) is 5.80. The second-order valence-corrected chi connectivity index (χ2v) is 4.87. The fraction of sp³-hybridized carbons (Fsp3) is 0.846. The summed E-state index contributed by atoms with van der Waals surface area (Å²) in [6.07, 6.45) is 3.12. The van der Waals surface area contributed by atoms with E-state index < -0.39 is 5.97 Å².